The molecule has 0 bridgehead atoms. The summed E-state index contributed by atoms with van der Waals surface area (Å²) in [6.07, 6.45) is 0. The van der Waals surface area contributed by atoms with Gasteiger partial charge in [-0.25, -0.2) is 0 Å². The van der Waals surface area contributed by atoms with Gasteiger partial charge in [0.2, 0.25) is 5.91 Å². The molecule has 8 heteroatoms. The molecule has 7 nitrogen and oxygen atoms in total. The largest absolute Gasteiger partial charge is 0.484 e. The van der Waals surface area contributed by atoms with Gasteiger partial charge in [0.25, 0.3) is 5.91 Å². The number of anilines is 1. The highest BCUT2D eigenvalue weighted by Gasteiger charge is 2.10. The molecule has 0 radical (unpaired) electrons. The number of hydrogen-bond acceptors (Lipinski definition) is 5. The summed E-state index contributed by atoms with van der Waals surface area (Å²) in [6.45, 7) is 1.72. The van der Waals surface area contributed by atoms with Crippen molar-refractivity contribution in [2.75, 3.05) is 18.5 Å². The summed E-state index contributed by atoms with van der Waals surface area (Å²) in [5, 5.41) is 12.1. The lowest BCUT2D eigenvalue weighted by Crippen LogP contribution is -2.35. The van der Waals surface area contributed by atoms with E-state index in [0.29, 0.717) is 11.6 Å². The maximum absolute atomic E-state index is 11.9. The first-order valence-corrected chi connectivity index (χ1v) is 8.78. The highest BCUT2D eigenvalue weighted by atomic mass is 32.1. The number of para-hydroxylation sites is 1. The van der Waals surface area contributed by atoms with E-state index >= 15 is 0 Å². The molecule has 3 rings (SSSR count). The maximum atomic E-state index is 11.9. The lowest BCUT2D eigenvalue weighted by Gasteiger charge is -2.07. The van der Waals surface area contributed by atoms with Gasteiger partial charge in [-0.1, -0.05) is 18.2 Å². The third-order valence-electron chi connectivity index (χ3n) is 3.41. The van der Waals surface area contributed by atoms with E-state index in [1.165, 1.54) is 4.88 Å². The molecule has 0 unspecified atom stereocenters. The van der Waals surface area contributed by atoms with Crippen LogP contribution in [0.1, 0.15) is 4.88 Å². The number of amides is 2. The molecule has 0 aliphatic carbocycles. The Morgan fingerprint density at radius 2 is 1.96 bits per heavy atom. The summed E-state index contributed by atoms with van der Waals surface area (Å²) >= 11 is 1.64. The summed E-state index contributed by atoms with van der Waals surface area (Å²) in [5.41, 5.74) is 0.832. The topological polar surface area (TPSA) is 96.1 Å². The minimum Gasteiger partial charge on any atom is -0.484 e. The van der Waals surface area contributed by atoms with Gasteiger partial charge in [-0.3, -0.25) is 14.7 Å². The van der Waals surface area contributed by atoms with E-state index in [4.69, 9.17) is 4.74 Å². The van der Waals surface area contributed by atoms with Crippen LogP contribution in [0.25, 0.3) is 10.6 Å². The Hall–Kier alpha value is -3.13. The summed E-state index contributed by atoms with van der Waals surface area (Å²) < 4.78 is 5.31. The lowest BCUT2D eigenvalue weighted by atomic mass is 10.3. The van der Waals surface area contributed by atoms with Gasteiger partial charge >= 0.3 is 0 Å². The third-order valence-corrected chi connectivity index (χ3v) is 4.44. The molecule has 0 aliphatic rings. The molecule has 0 atom stereocenters. The fraction of sp³-hybridized carbons (Fsp3) is 0.167. The zero-order chi connectivity index (χ0) is 18.4. The van der Waals surface area contributed by atoms with Gasteiger partial charge in [-0.2, -0.15) is 5.10 Å². The van der Waals surface area contributed by atoms with Crippen molar-refractivity contribution < 1.29 is 14.3 Å². The number of carbonyl (C=O) groups excluding carboxylic acids is 2. The minimum absolute atomic E-state index is 0.151. The van der Waals surface area contributed by atoms with Gasteiger partial charge in [-0.05, 0) is 31.2 Å². The van der Waals surface area contributed by atoms with Crippen LogP contribution >= 0.6 is 11.3 Å². The molecule has 3 aromatic rings. The molecular formula is C18H18N4O3S. The Morgan fingerprint density at radius 3 is 2.69 bits per heavy atom. The van der Waals surface area contributed by atoms with E-state index in [0.717, 1.165) is 10.6 Å². The molecule has 0 saturated carbocycles. The minimum atomic E-state index is -0.374. The van der Waals surface area contributed by atoms with E-state index < -0.39 is 0 Å². The fourth-order valence-corrected chi connectivity index (χ4v) is 3.01. The second kappa shape index (κ2) is 8.30. The van der Waals surface area contributed by atoms with E-state index in [2.05, 4.69) is 20.8 Å². The fourth-order valence-electron chi connectivity index (χ4n) is 2.17. The van der Waals surface area contributed by atoms with Crippen molar-refractivity contribution in [2.24, 2.45) is 0 Å². The molecule has 2 amide bonds. The van der Waals surface area contributed by atoms with Crippen LogP contribution in [0.2, 0.25) is 0 Å². The smallest absolute Gasteiger partial charge is 0.258 e. The molecule has 1 aromatic carbocycles. The maximum Gasteiger partial charge on any atom is 0.258 e. The van der Waals surface area contributed by atoms with Crippen molar-refractivity contribution in [3.8, 4) is 16.3 Å². The number of H-pyrrole nitrogens is 1. The number of ether oxygens (including phenoxy) is 1. The summed E-state index contributed by atoms with van der Waals surface area (Å²) in [6, 6.07) is 14.8. The number of hydrogen-bond donors (Lipinski definition) is 3. The van der Waals surface area contributed by atoms with E-state index in [1.54, 1.807) is 29.5 Å². The van der Waals surface area contributed by atoms with Crippen LogP contribution in [0.5, 0.6) is 5.75 Å². The van der Waals surface area contributed by atoms with Crippen molar-refractivity contribution in [1.29, 1.82) is 0 Å². The van der Waals surface area contributed by atoms with Crippen molar-refractivity contribution >= 4 is 29.0 Å². The average Bonchev–Trinajstić information content (AvgIpc) is 3.28. The van der Waals surface area contributed by atoms with Gasteiger partial charge < -0.3 is 15.4 Å². The summed E-state index contributed by atoms with van der Waals surface area (Å²) in [4.78, 5) is 25.9. The molecule has 26 heavy (non-hydrogen) atoms. The quantitative estimate of drug-likeness (QED) is 0.596. The monoisotopic (exact) mass is 370 g/mol. The van der Waals surface area contributed by atoms with Gasteiger partial charge in [0, 0.05) is 10.9 Å². The van der Waals surface area contributed by atoms with Crippen LogP contribution in [-0.2, 0) is 9.59 Å². The third kappa shape index (κ3) is 4.93. The van der Waals surface area contributed by atoms with E-state index in [1.807, 2.05) is 37.3 Å². The van der Waals surface area contributed by atoms with Crippen LogP contribution in [0.15, 0.2) is 48.5 Å². The van der Waals surface area contributed by atoms with Gasteiger partial charge in [0.05, 0.1) is 17.1 Å². The van der Waals surface area contributed by atoms with E-state index in [9.17, 15) is 9.59 Å². The molecule has 0 fully saturated rings. The lowest BCUT2D eigenvalue weighted by molar-refractivity contribution is -0.125. The number of nitrogens with zero attached hydrogens (tertiary/aromatic N) is 1. The van der Waals surface area contributed by atoms with Gasteiger partial charge in [0.15, 0.2) is 12.4 Å². The Bertz CT molecular complexity index is 889. The van der Waals surface area contributed by atoms with Crippen molar-refractivity contribution in [1.82, 2.24) is 15.5 Å². The molecule has 134 valence electrons. The predicted molar refractivity (Wildman–Crippen MR) is 100 cm³/mol. The first kappa shape index (κ1) is 17.7. The highest BCUT2D eigenvalue weighted by molar-refractivity contribution is 7.15. The number of benzene rings is 1. The number of carbonyl (C=O) groups is 2. The van der Waals surface area contributed by atoms with Crippen LogP contribution < -0.4 is 15.4 Å². The Labute approximate surface area is 154 Å². The van der Waals surface area contributed by atoms with E-state index in [-0.39, 0.29) is 25.0 Å². The average molecular weight is 370 g/mol. The van der Waals surface area contributed by atoms with Gasteiger partial charge in [-0.15, -0.1) is 11.3 Å². The molecule has 0 saturated heterocycles. The molecule has 2 aromatic heterocycles. The number of aromatic nitrogens is 2. The first-order valence-electron chi connectivity index (χ1n) is 7.97. The Morgan fingerprint density at radius 1 is 1.15 bits per heavy atom. The van der Waals surface area contributed by atoms with Crippen LogP contribution in [0.3, 0.4) is 0 Å². The number of aryl methyl sites for hydroxylation is 1. The first-order chi connectivity index (χ1) is 12.6. The van der Waals surface area contributed by atoms with Crippen LogP contribution in [0.4, 0.5) is 5.82 Å². The SMILES string of the molecule is Cc1ccc(-c2cc(NC(=O)CNC(=O)COc3ccccc3)n[nH]2)s1. The molecule has 3 N–H and O–H groups in total. The standard InChI is InChI=1S/C18H18N4O3S/c1-12-7-8-15(26-12)14-9-16(22-21-14)20-17(23)10-19-18(24)11-25-13-5-3-2-4-6-13/h2-9H,10-11H2,1H3,(H,19,24)(H2,20,21,22,23). The zero-order valence-corrected chi connectivity index (χ0v) is 14.9. The molecule has 2 heterocycles. The number of thiophene rings is 1. The van der Waals surface area contributed by atoms with Crippen LogP contribution in [-0.4, -0.2) is 35.2 Å². The molecule has 0 aliphatic heterocycles. The summed E-state index contributed by atoms with van der Waals surface area (Å²) in [5.74, 6) is 0.269. The van der Waals surface area contributed by atoms with Crippen molar-refractivity contribution in [3.63, 3.8) is 0 Å². The molecule has 0 spiro atoms. The van der Waals surface area contributed by atoms with Gasteiger partial charge in [0.1, 0.15) is 5.75 Å². The Kier molecular flexibility index (Phi) is 5.65. The normalized spacial score (nSPS) is 10.3. The predicted octanol–water partition coefficient (Wildman–Crippen LogP) is 2.58. The number of rotatable bonds is 7. The van der Waals surface area contributed by atoms with Crippen molar-refractivity contribution in [3.05, 3.63) is 53.4 Å². The van der Waals surface area contributed by atoms with Crippen LogP contribution in [0, 0.1) is 6.92 Å². The van der Waals surface area contributed by atoms with Crippen molar-refractivity contribution in [2.45, 2.75) is 6.92 Å². The molecular weight excluding hydrogens is 352 g/mol. The zero-order valence-electron chi connectivity index (χ0n) is 14.1. The highest BCUT2D eigenvalue weighted by Crippen LogP contribution is 2.27. The second-order valence-corrected chi connectivity index (χ2v) is 6.79. The second-order valence-electron chi connectivity index (χ2n) is 5.50. The Balaban J connectivity index is 1.42. The number of aromatic amines is 1. The summed E-state index contributed by atoms with van der Waals surface area (Å²) in [7, 11) is 0. The number of nitrogens with one attached hydrogen (secondary N) is 3.